The van der Waals surface area contributed by atoms with Crippen LogP contribution in [-0.2, 0) is 13.0 Å². The molecule has 1 aromatic carbocycles. The van der Waals surface area contributed by atoms with Gasteiger partial charge >= 0.3 is 0 Å². The van der Waals surface area contributed by atoms with Gasteiger partial charge in [0.2, 0.25) is 0 Å². The van der Waals surface area contributed by atoms with Gasteiger partial charge in [-0.1, -0.05) is 22.9 Å². The molecule has 0 unspecified atom stereocenters. The topological polar surface area (TPSA) is 8.17 Å². The zero-order valence-electron chi connectivity index (χ0n) is 11.3. The molecule has 1 atom stereocenters. The van der Waals surface area contributed by atoms with E-state index in [4.69, 9.17) is 0 Å². The molecule has 2 aromatic rings. The van der Waals surface area contributed by atoms with Crippen LogP contribution < -0.4 is 0 Å². The van der Waals surface area contributed by atoms with Gasteiger partial charge in [-0.15, -0.1) is 0 Å². The Morgan fingerprint density at radius 3 is 3.05 bits per heavy atom. The van der Waals surface area contributed by atoms with Crippen LogP contribution in [0, 0.1) is 0 Å². The lowest BCUT2D eigenvalue weighted by Crippen LogP contribution is -2.39. The van der Waals surface area contributed by atoms with Gasteiger partial charge in [-0.3, -0.25) is 4.90 Å². The number of benzene rings is 1. The number of likely N-dealkylation sites (N-methyl/N-ethyl adjacent to an activating group) is 1. The molecule has 0 amide bonds. The maximum absolute atomic E-state index is 3.63. The van der Waals surface area contributed by atoms with Gasteiger partial charge in [-0.25, -0.2) is 0 Å². The average Bonchev–Trinajstić information content (AvgIpc) is 2.75. The molecule has 0 radical (unpaired) electrons. The maximum Gasteiger partial charge on any atom is 0.0504 e. The van der Waals surface area contributed by atoms with E-state index in [0.717, 1.165) is 6.54 Å². The fourth-order valence-corrected chi connectivity index (χ4v) is 4.39. The van der Waals surface area contributed by atoms with Crippen LogP contribution in [0.25, 0.3) is 10.9 Å². The molecule has 3 heteroatoms. The molecule has 2 nitrogen and oxygen atoms in total. The lowest BCUT2D eigenvalue weighted by atomic mass is 9.90. The first kappa shape index (κ1) is 12.0. The highest BCUT2D eigenvalue weighted by molar-refractivity contribution is 9.10. The van der Waals surface area contributed by atoms with Gasteiger partial charge in [0, 0.05) is 34.2 Å². The minimum atomic E-state index is 0.661. The molecule has 0 bridgehead atoms. The molecule has 0 saturated heterocycles. The molecule has 2 aliphatic rings. The highest BCUT2D eigenvalue weighted by atomic mass is 79.9. The van der Waals surface area contributed by atoms with E-state index in [1.54, 1.807) is 11.3 Å². The number of halogens is 1. The van der Waals surface area contributed by atoms with E-state index in [0.29, 0.717) is 6.04 Å². The van der Waals surface area contributed by atoms with Crippen LogP contribution in [0.3, 0.4) is 0 Å². The predicted molar refractivity (Wildman–Crippen MR) is 82.6 cm³/mol. The van der Waals surface area contributed by atoms with Gasteiger partial charge in [-0.05, 0) is 49.6 Å². The second kappa shape index (κ2) is 4.35. The SMILES string of the molecule is CCN1CCn2c3c(c4cc(Br)ccc42)CCC[C@@H]31. The van der Waals surface area contributed by atoms with Crippen molar-refractivity contribution in [3.05, 3.63) is 33.9 Å². The van der Waals surface area contributed by atoms with Crippen molar-refractivity contribution >= 4 is 26.8 Å². The van der Waals surface area contributed by atoms with Gasteiger partial charge in [-0.2, -0.15) is 0 Å². The van der Waals surface area contributed by atoms with Crippen LogP contribution in [0.5, 0.6) is 0 Å². The standard InChI is InChI=1S/C16H19BrN2/c1-2-18-8-9-19-14-7-6-11(17)10-13(14)12-4-3-5-15(18)16(12)19/h6-7,10,15H,2-5,8-9H2,1H3/t15-/m0/s1. The summed E-state index contributed by atoms with van der Waals surface area (Å²) in [7, 11) is 0. The first-order valence-corrected chi connectivity index (χ1v) is 8.13. The van der Waals surface area contributed by atoms with Gasteiger partial charge in [0.1, 0.15) is 0 Å². The summed E-state index contributed by atoms with van der Waals surface area (Å²) < 4.78 is 3.79. The van der Waals surface area contributed by atoms with E-state index in [1.807, 2.05) is 0 Å². The van der Waals surface area contributed by atoms with Crippen LogP contribution in [0.1, 0.15) is 37.1 Å². The molecule has 1 aromatic heterocycles. The third kappa shape index (κ3) is 1.64. The van der Waals surface area contributed by atoms with E-state index < -0.39 is 0 Å². The van der Waals surface area contributed by atoms with Crippen molar-refractivity contribution < 1.29 is 0 Å². The molecular formula is C16H19BrN2. The molecule has 2 heterocycles. The second-order valence-corrected chi connectivity index (χ2v) is 6.63. The molecule has 100 valence electrons. The fourth-order valence-electron chi connectivity index (χ4n) is 4.03. The summed E-state index contributed by atoms with van der Waals surface area (Å²) >= 11 is 3.63. The Hall–Kier alpha value is -0.800. The average molecular weight is 319 g/mol. The molecule has 0 N–H and O–H groups in total. The monoisotopic (exact) mass is 318 g/mol. The third-order valence-electron chi connectivity index (χ3n) is 4.85. The number of fused-ring (bicyclic) bond motifs is 3. The molecule has 1 aliphatic heterocycles. The second-order valence-electron chi connectivity index (χ2n) is 5.71. The highest BCUT2D eigenvalue weighted by Crippen LogP contribution is 2.42. The summed E-state index contributed by atoms with van der Waals surface area (Å²) in [5.74, 6) is 0. The van der Waals surface area contributed by atoms with Crippen LogP contribution in [0.15, 0.2) is 22.7 Å². The summed E-state index contributed by atoms with van der Waals surface area (Å²) in [6.07, 6.45) is 3.92. The van der Waals surface area contributed by atoms with Crippen molar-refractivity contribution in [3.8, 4) is 0 Å². The fraction of sp³-hybridized carbons (Fsp3) is 0.500. The zero-order chi connectivity index (χ0) is 13.0. The number of rotatable bonds is 1. The number of nitrogens with zero attached hydrogens (tertiary/aromatic N) is 2. The van der Waals surface area contributed by atoms with Crippen molar-refractivity contribution in [2.45, 2.75) is 38.8 Å². The summed E-state index contributed by atoms with van der Waals surface area (Å²) in [6, 6.07) is 7.44. The zero-order valence-corrected chi connectivity index (χ0v) is 12.9. The van der Waals surface area contributed by atoms with Crippen molar-refractivity contribution in [1.29, 1.82) is 0 Å². The molecule has 0 fully saturated rings. The third-order valence-corrected chi connectivity index (χ3v) is 5.35. The summed E-state index contributed by atoms with van der Waals surface area (Å²) in [4.78, 5) is 2.66. The van der Waals surface area contributed by atoms with E-state index in [9.17, 15) is 0 Å². The van der Waals surface area contributed by atoms with E-state index in [-0.39, 0.29) is 0 Å². The normalized spacial score (nSPS) is 22.7. The van der Waals surface area contributed by atoms with Crippen molar-refractivity contribution in [2.24, 2.45) is 0 Å². The molecule has 0 spiro atoms. The summed E-state index contributed by atoms with van der Waals surface area (Å²) in [5.41, 5.74) is 4.68. The first-order valence-electron chi connectivity index (χ1n) is 7.34. The largest absolute Gasteiger partial charge is 0.342 e. The van der Waals surface area contributed by atoms with Crippen molar-refractivity contribution in [1.82, 2.24) is 9.47 Å². The predicted octanol–water partition coefficient (Wildman–Crippen LogP) is 4.12. The van der Waals surface area contributed by atoms with Crippen LogP contribution >= 0.6 is 15.9 Å². The summed E-state index contributed by atoms with van der Waals surface area (Å²) in [5, 5.41) is 1.48. The van der Waals surface area contributed by atoms with E-state index in [1.165, 1.54) is 47.7 Å². The number of aryl methyl sites for hydroxylation is 1. The molecule has 4 rings (SSSR count). The van der Waals surface area contributed by atoms with Gasteiger partial charge in [0.15, 0.2) is 0 Å². The smallest absolute Gasteiger partial charge is 0.0504 e. The van der Waals surface area contributed by atoms with Crippen molar-refractivity contribution in [3.63, 3.8) is 0 Å². The molecule has 19 heavy (non-hydrogen) atoms. The summed E-state index contributed by atoms with van der Waals surface area (Å²) in [6.45, 7) is 5.82. The van der Waals surface area contributed by atoms with Crippen LogP contribution in [0.2, 0.25) is 0 Å². The quantitative estimate of drug-likeness (QED) is 0.768. The Labute approximate surface area is 122 Å². The maximum atomic E-state index is 3.63. The van der Waals surface area contributed by atoms with E-state index >= 15 is 0 Å². The van der Waals surface area contributed by atoms with Gasteiger partial charge in [0.05, 0.1) is 6.04 Å². The Balaban J connectivity index is 2.01. The van der Waals surface area contributed by atoms with Crippen molar-refractivity contribution in [2.75, 3.05) is 13.1 Å². The lowest BCUT2D eigenvalue weighted by Gasteiger charge is -2.39. The number of hydrogen-bond donors (Lipinski definition) is 0. The number of hydrogen-bond acceptors (Lipinski definition) is 1. The van der Waals surface area contributed by atoms with Crippen LogP contribution in [-0.4, -0.2) is 22.6 Å². The first-order chi connectivity index (χ1) is 9.29. The van der Waals surface area contributed by atoms with Gasteiger partial charge in [0.25, 0.3) is 0 Å². The minimum absolute atomic E-state index is 0.661. The Morgan fingerprint density at radius 1 is 1.32 bits per heavy atom. The van der Waals surface area contributed by atoms with Gasteiger partial charge < -0.3 is 4.57 Å². The highest BCUT2D eigenvalue weighted by Gasteiger charge is 2.33. The van der Waals surface area contributed by atoms with Crippen LogP contribution in [0.4, 0.5) is 0 Å². The Bertz CT molecular complexity index is 644. The van der Waals surface area contributed by atoms with E-state index in [2.05, 4.69) is 50.5 Å². The Kier molecular flexibility index (Phi) is 2.75. The Morgan fingerprint density at radius 2 is 2.21 bits per heavy atom. The minimum Gasteiger partial charge on any atom is -0.342 e. The molecular weight excluding hydrogens is 300 g/mol. The molecule has 0 saturated carbocycles. The number of aromatic nitrogens is 1. The lowest BCUT2D eigenvalue weighted by molar-refractivity contribution is 0.149. The molecule has 1 aliphatic carbocycles.